The van der Waals surface area contributed by atoms with Gasteiger partial charge in [0.05, 0.1) is 12.2 Å². The molecule has 2 aromatic rings. The van der Waals surface area contributed by atoms with E-state index >= 15 is 0 Å². The number of benzene rings is 1. The summed E-state index contributed by atoms with van der Waals surface area (Å²) in [7, 11) is 0. The van der Waals surface area contributed by atoms with Gasteiger partial charge in [-0.2, -0.15) is 0 Å². The van der Waals surface area contributed by atoms with E-state index in [4.69, 9.17) is 4.74 Å². The lowest BCUT2D eigenvalue weighted by molar-refractivity contribution is 0.0526. The Labute approximate surface area is 162 Å². The fraction of sp³-hybridized carbons (Fsp3) is 0.455. The summed E-state index contributed by atoms with van der Waals surface area (Å²) in [6, 6.07) is 14.4. The van der Waals surface area contributed by atoms with Crippen molar-refractivity contribution in [2.24, 2.45) is 0 Å². The van der Waals surface area contributed by atoms with Crippen LogP contribution in [0.4, 0.5) is 5.82 Å². The second-order valence-corrected chi connectivity index (χ2v) is 6.90. The Kier molecular flexibility index (Phi) is 7.22. The molecule has 1 aromatic carbocycles. The van der Waals surface area contributed by atoms with Crippen molar-refractivity contribution in [3.63, 3.8) is 0 Å². The Morgan fingerprint density at radius 2 is 1.93 bits per heavy atom. The number of aryl methyl sites for hydroxylation is 1. The lowest BCUT2D eigenvalue weighted by Crippen LogP contribution is -2.32. The lowest BCUT2D eigenvalue weighted by Gasteiger charge is -2.22. The number of ether oxygens (including phenoxy) is 1. The highest BCUT2D eigenvalue weighted by molar-refractivity contribution is 5.89. The van der Waals surface area contributed by atoms with Crippen LogP contribution in [-0.4, -0.2) is 55.2 Å². The summed E-state index contributed by atoms with van der Waals surface area (Å²) in [5.41, 5.74) is 1.93. The molecule has 1 aromatic heterocycles. The van der Waals surface area contributed by atoms with Crippen LogP contribution >= 0.6 is 0 Å². The van der Waals surface area contributed by atoms with Crippen LogP contribution in [0.2, 0.25) is 0 Å². The topological polar surface area (TPSA) is 45.7 Å². The minimum Gasteiger partial charge on any atom is -0.462 e. The maximum absolute atomic E-state index is 11.8. The normalized spacial score (nSPS) is 15.4. The Balaban J connectivity index is 1.47. The van der Waals surface area contributed by atoms with Crippen LogP contribution in [0.25, 0.3) is 0 Å². The Bertz CT molecular complexity index is 703. The van der Waals surface area contributed by atoms with Gasteiger partial charge in [0.1, 0.15) is 5.82 Å². The van der Waals surface area contributed by atoms with Gasteiger partial charge in [0.25, 0.3) is 0 Å². The number of hydrogen-bond acceptors (Lipinski definition) is 5. The fourth-order valence-corrected chi connectivity index (χ4v) is 3.48. The zero-order valence-corrected chi connectivity index (χ0v) is 16.1. The van der Waals surface area contributed by atoms with E-state index in [-0.39, 0.29) is 5.97 Å². The van der Waals surface area contributed by atoms with Crippen molar-refractivity contribution in [2.45, 2.75) is 26.2 Å². The van der Waals surface area contributed by atoms with Crippen LogP contribution in [0.1, 0.15) is 35.7 Å². The van der Waals surface area contributed by atoms with E-state index in [0.29, 0.717) is 12.2 Å². The monoisotopic (exact) mass is 367 g/mol. The van der Waals surface area contributed by atoms with E-state index in [9.17, 15) is 4.79 Å². The number of carbonyl (C=O) groups is 1. The molecule has 1 aliphatic heterocycles. The van der Waals surface area contributed by atoms with Crippen molar-refractivity contribution < 1.29 is 9.53 Å². The molecule has 0 radical (unpaired) electrons. The average Bonchev–Trinajstić information content (AvgIpc) is 2.95. The van der Waals surface area contributed by atoms with Crippen molar-refractivity contribution in [3.8, 4) is 0 Å². The Hall–Kier alpha value is -2.40. The summed E-state index contributed by atoms with van der Waals surface area (Å²) < 4.78 is 5.02. The maximum atomic E-state index is 11.8. The third-order valence-electron chi connectivity index (χ3n) is 4.95. The van der Waals surface area contributed by atoms with Crippen LogP contribution in [0.5, 0.6) is 0 Å². The molecule has 1 fully saturated rings. The first-order valence-electron chi connectivity index (χ1n) is 9.90. The quantitative estimate of drug-likeness (QED) is 0.702. The van der Waals surface area contributed by atoms with Crippen molar-refractivity contribution in [2.75, 3.05) is 44.2 Å². The van der Waals surface area contributed by atoms with E-state index in [1.807, 2.05) is 19.1 Å². The number of carbonyl (C=O) groups excluding carboxylic acids is 1. The number of nitrogens with zero attached hydrogens (tertiary/aromatic N) is 3. The molecule has 5 nitrogen and oxygen atoms in total. The van der Waals surface area contributed by atoms with Crippen LogP contribution in [-0.2, 0) is 11.2 Å². The Morgan fingerprint density at radius 3 is 2.67 bits per heavy atom. The summed E-state index contributed by atoms with van der Waals surface area (Å²) in [6.07, 6.45) is 5.08. The number of esters is 1. The number of anilines is 1. The molecule has 27 heavy (non-hydrogen) atoms. The van der Waals surface area contributed by atoms with E-state index in [2.05, 4.69) is 45.1 Å². The first-order valence-corrected chi connectivity index (χ1v) is 9.90. The van der Waals surface area contributed by atoms with Gasteiger partial charge in [0, 0.05) is 25.8 Å². The van der Waals surface area contributed by atoms with Crippen LogP contribution < -0.4 is 4.90 Å². The third kappa shape index (κ3) is 5.79. The highest BCUT2D eigenvalue weighted by atomic mass is 16.5. The van der Waals surface area contributed by atoms with Gasteiger partial charge < -0.3 is 14.5 Å². The van der Waals surface area contributed by atoms with Crippen LogP contribution in [0, 0.1) is 0 Å². The molecule has 0 N–H and O–H groups in total. The lowest BCUT2D eigenvalue weighted by atomic mass is 10.1. The van der Waals surface area contributed by atoms with Crippen LogP contribution in [0.3, 0.4) is 0 Å². The summed E-state index contributed by atoms with van der Waals surface area (Å²) in [5.74, 6) is 0.631. The molecule has 0 spiro atoms. The van der Waals surface area contributed by atoms with Gasteiger partial charge >= 0.3 is 5.97 Å². The minimum absolute atomic E-state index is 0.308. The van der Waals surface area contributed by atoms with Crippen molar-refractivity contribution in [1.29, 1.82) is 0 Å². The van der Waals surface area contributed by atoms with Gasteiger partial charge in [-0.1, -0.05) is 30.3 Å². The molecule has 2 heterocycles. The van der Waals surface area contributed by atoms with Crippen molar-refractivity contribution >= 4 is 11.8 Å². The molecule has 5 heteroatoms. The average molecular weight is 367 g/mol. The zero-order chi connectivity index (χ0) is 18.9. The predicted molar refractivity (Wildman–Crippen MR) is 108 cm³/mol. The first-order chi connectivity index (χ1) is 13.3. The highest BCUT2D eigenvalue weighted by Crippen LogP contribution is 2.15. The molecule has 0 unspecified atom stereocenters. The van der Waals surface area contributed by atoms with E-state index in [0.717, 1.165) is 51.4 Å². The highest BCUT2D eigenvalue weighted by Gasteiger charge is 2.16. The number of hydrogen-bond donors (Lipinski definition) is 0. The molecule has 0 aliphatic carbocycles. The van der Waals surface area contributed by atoms with E-state index in [1.54, 1.807) is 6.20 Å². The smallest absolute Gasteiger partial charge is 0.339 e. The molecule has 3 rings (SSSR count). The van der Waals surface area contributed by atoms with E-state index < -0.39 is 0 Å². The SMILES string of the molecule is CCOC(=O)c1ccc(N2CCCN(CCCc3ccccc3)CC2)nc1. The maximum Gasteiger partial charge on any atom is 0.339 e. The van der Waals surface area contributed by atoms with Crippen LogP contribution in [0.15, 0.2) is 48.7 Å². The predicted octanol–water partition coefficient (Wildman–Crippen LogP) is 3.40. The summed E-state index contributed by atoms with van der Waals surface area (Å²) in [5, 5.41) is 0. The number of pyridine rings is 1. The molecule has 0 amide bonds. The Morgan fingerprint density at radius 1 is 1.07 bits per heavy atom. The third-order valence-corrected chi connectivity index (χ3v) is 4.95. The van der Waals surface area contributed by atoms with Crippen molar-refractivity contribution in [1.82, 2.24) is 9.88 Å². The van der Waals surface area contributed by atoms with Gasteiger partial charge in [0.15, 0.2) is 0 Å². The first kappa shape index (κ1) is 19.4. The second kappa shape index (κ2) is 10.1. The minimum atomic E-state index is -0.308. The summed E-state index contributed by atoms with van der Waals surface area (Å²) in [6.45, 7) is 7.48. The second-order valence-electron chi connectivity index (χ2n) is 6.90. The van der Waals surface area contributed by atoms with Gasteiger partial charge in [0.2, 0.25) is 0 Å². The zero-order valence-electron chi connectivity index (χ0n) is 16.1. The standard InChI is InChI=1S/C22H29N3O2/c1-2-27-22(26)20-11-12-21(23-18-20)25-15-7-14-24(16-17-25)13-6-10-19-8-4-3-5-9-19/h3-5,8-9,11-12,18H,2,6-7,10,13-17H2,1H3. The molecule has 0 saturated carbocycles. The molecule has 1 saturated heterocycles. The summed E-state index contributed by atoms with van der Waals surface area (Å²) in [4.78, 5) is 21.1. The molecule has 1 aliphatic rings. The van der Waals surface area contributed by atoms with Gasteiger partial charge in [-0.3, -0.25) is 0 Å². The van der Waals surface area contributed by atoms with Crippen molar-refractivity contribution in [3.05, 3.63) is 59.8 Å². The number of rotatable bonds is 7. The fourth-order valence-electron chi connectivity index (χ4n) is 3.48. The molecule has 144 valence electrons. The van der Waals surface area contributed by atoms with Gasteiger partial charge in [-0.05, 0) is 57.0 Å². The summed E-state index contributed by atoms with van der Waals surface area (Å²) >= 11 is 0. The largest absolute Gasteiger partial charge is 0.462 e. The van der Waals surface area contributed by atoms with Gasteiger partial charge in [-0.25, -0.2) is 9.78 Å². The molecule has 0 bridgehead atoms. The number of aromatic nitrogens is 1. The molecular weight excluding hydrogens is 338 g/mol. The van der Waals surface area contributed by atoms with E-state index in [1.165, 1.54) is 12.0 Å². The van der Waals surface area contributed by atoms with Gasteiger partial charge in [-0.15, -0.1) is 0 Å². The molecule has 0 atom stereocenters. The molecular formula is C22H29N3O2.